The highest BCUT2D eigenvalue weighted by molar-refractivity contribution is 9.10. The van der Waals surface area contributed by atoms with Gasteiger partial charge >= 0.3 is 0 Å². The van der Waals surface area contributed by atoms with Gasteiger partial charge in [-0.15, -0.1) is 0 Å². The van der Waals surface area contributed by atoms with Crippen molar-refractivity contribution >= 4 is 27.7 Å². The molecular weight excluding hydrogens is 340 g/mol. The van der Waals surface area contributed by atoms with Gasteiger partial charge in [-0.05, 0) is 34.1 Å². The van der Waals surface area contributed by atoms with Gasteiger partial charge in [0, 0.05) is 32.2 Å². The number of hydrogen-bond donors (Lipinski definition) is 2. The molecule has 0 aliphatic heterocycles. The zero-order chi connectivity index (χ0) is 15.7. The summed E-state index contributed by atoms with van der Waals surface area (Å²) in [7, 11) is 3.13. The molecule has 2 amide bonds. The minimum Gasteiger partial charge on any atom is -0.496 e. The fourth-order valence-corrected chi connectivity index (χ4v) is 2.12. The van der Waals surface area contributed by atoms with Crippen LogP contribution in [-0.2, 0) is 9.53 Å². The number of carbonyl (C=O) groups excluding carboxylic acids is 2. The second-order valence-electron chi connectivity index (χ2n) is 4.20. The summed E-state index contributed by atoms with van der Waals surface area (Å²) in [5.41, 5.74) is 0.502. The molecule has 0 aromatic heterocycles. The molecule has 2 N–H and O–H groups in total. The molecule has 1 aromatic carbocycles. The van der Waals surface area contributed by atoms with E-state index in [2.05, 4.69) is 26.6 Å². The van der Waals surface area contributed by atoms with Crippen molar-refractivity contribution in [2.45, 2.75) is 6.42 Å². The maximum atomic E-state index is 11.9. The van der Waals surface area contributed by atoms with Crippen molar-refractivity contribution in [1.29, 1.82) is 0 Å². The van der Waals surface area contributed by atoms with E-state index in [4.69, 9.17) is 9.47 Å². The van der Waals surface area contributed by atoms with Crippen LogP contribution >= 0.6 is 15.9 Å². The van der Waals surface area contributed by atoms with Crippen LogP contribution in [0, 0.1) is 0 Å². The predicted octanol–water partition coefficient (Wildman–Crippen LogP) is 1.34. The maximum Gasteiger partial charge on any atom is 0.251 e. The van der Waals surface area contributed by atoms with E-state index < -0.39 is 0 Å². The quantitative estimate of drug-likeness (QED) is 0.687. The molecule has 0 fully saturated rings. The Balaban J connectivity index is 2.37. The standard InChI is InChI=1S/C14H19BrN2O4/c1-20-8-7-16-13(18)5-6-17-14(19)10-3-4-12(21-2)11(15)9-10/h3-4,9H,5-8H2,1-2H3,(H,16,18)(H,17,19). The molecule has 1 rings (SSSR count). The summed E-state index contributed by atoms with van der Waals surface area (Å²) in [5.74, 6) is 0.301. The topological polar surface area (TPSA) is 76.7 Å². The van der Waals surface area contributed by atoms with Crippen LogP contribution in [0.4, 0.5) is 0 Å². The first kappa shape index (κ1) is 17.5. The van der Waals surface area contributed by atoms with Crippen molar-refractivity contribution in [2.24, 2.45) is 0 Å². The van der Waals surface area contributed by atoms with E-state index >= 15 is 0 Å². The lowest BCUT2D eigenvalue weighted by molar-refractivity contribution is -0.121. The van der Waals surface area contributed by atoms with Crippen LogP contribution in [-0.4, -0.2) is 45.7 Å². The van der Waals surface area contributed by atoms with Gasteiger partial charge < -0.3 is 20.1 Å². The zero-order valence-corrected chi connectivity index (χ0v) is 13.7. The molecule has 116 valence electrons. The average molecular weight is 359 g/mol. The van der Waals surface area contributed by atoms with Gasteiger partial charge in [-0.3, -0.25) is 9.59 Å². The molecule has 0 aliphatic rings. The van der Waals surface area contributed by atoms with Gasteiger partial charge in [0.2, 0.25) is 5.91 Å². The van der Waals surface area contributed by atoms with Gasteiger partial charge in [0.05, 0.1) is 18.2 Å². The summed E-state index contributed by atoms with van der Waals surface area (Å²) in [6.07, 6.45) is 0.229. The summed E-state index contributed by atoms with van der Waals surface area (Å²) in [6, 6.07) is 5.04. The van der Waals surface area contributed by atoms with Crippen molar-refractivity contribution in [3.8, 4) is 5.75 Å². The third-order valence-electron chi connectivity index (χ3n) is 2.68. The molecule has 0 radical (unpaired) electrons. The van der Waals surface area contributed by atoms with Crippen LogP contribution in [0.5, 0.6) is 5.75 Å². The number of carbonyl (C=O) groups is 2. The van der Waals surface area contributed by atoms with Crippen LogP contribution in [0.3, 0.4) is 0 Å². The first-order valence-electron chi connectivity index (χ1n) is 6.46. The summed E-state index contributed by atoms with van der Waals surface area (Å²) in [6.45, 7) is 1.22. The van der Waals surface area contributed by atoms with E-state index in [-0.39, 0.29) is 24.8 Å². The van der Waals surface area contributed by atoms with Crippen molar-refractivity contribution < 1.29 is 19.1 Å². The maximum absolute atomic E-state index is 11.9. The van der Waals surface area contributed by atoms with Gasteiger partial charge in [-0.2, -0.15) is 0 Å². The van der Waals surface area contributed by atoms with Crippen LogP contribution in [0.1, 0.15) is 16.8 Å². The highest BCUT2D eigenvalue weighted by Gasteiger charge is 2.09. The third kappa shape index (κ3) is 6.14. The highest BCUT2D eigenvalue weighted by atomic mass is 79.9. The second kappa shape index (κ2) is 9.36. The summed E-state index contributed by atoms with van der Waals surface area (Å²) < 4.78 is 10.6. The number of nitrogens with one attached hydrogen (secondary N) is 2. The van der Waals surface area contributed by atoms with Crippen molar-refractivity contribution in [2.75, 3.05) is 33.9 Å². The Hall–Kier alpha value is -1.60. The van der Waals surface area contributed by atoms with Crippen molar-refractivity contribution in [1.82, 2.24) is 10.6 Å². The Morgan fingerprint density at radius 3 is 2.57 bits per heavy atom. The number of amides is 2. The Morgan fingerprint density at radius 1 is 1.19 bits per heavy atom. The molecule has 0 bridgehead atoms. The van der Waals surface area contributed by atoms with E-state index in [1.165, 1.54) is 0 Å². The molecule has 0 heterocycles. The van der Waals surface area contributed by atoms with Crippen LogP contribution in [0.2, 0.25) is 0 Å². The number of rotatable bonds is 8. The van der Waals surface area contributed by atoms with E-state index in [9.17, 15) is 9.59 Å². The molecule has 0 saturated carbocycles. The number of methoxy groups -OCH3 is 2. The molecule has 0 spiro atoms. The predicted molar refractivity (Wildman–Crippen MR) is 82.5 cm³/mol. The first-order valence-corrected chi connectivity index (χ1v) is 7.25. The highest BCUT2D eigenvalue weighted by Crippen LogP contribution is 2.25. The average Bonchev–Trinajstić information content (AvgIpc) is 2.47. The molecule has 0 saturated heterocycles. The van der Waals surface area contributed by atoms with Crippen LogP contribution < -0.4 is 15.4 Å². The number of halogens is 1. The molecule has 1 aromatic rings. The Morgan fingerprint density at radius 2 is 1.95 bits per heavy atom. The molecule has 7 heteroatoms. The molecule has 0 unspecified atom stereocenters. The number of benzene rings is 1. The zero-order valence-electron chi connectivity index (χ0n) is 12.1. The van der Waals surface area contributed by atoms with Gasteiger partial charge in [0.15, 0.2) is 0 Å². The van der Waals surface area contributed by atoms with E-state index in [1.807, 2.05) is 0 Å². The monoisotopic (exact) mass is 358 g/mol. The summed E-state index contributed by atoms with van der Waals surface area (Å²) >= 11 is 3.32. The summed E-state index contributed by atoms with van der Waals surface area (Å²) in [5, 5.41) is 5.37. The first-order chi connectivity index (χ1) is 10.1. The Labute approximate surface area is 132 Å². The SMILES string of the molecule is COCCNC(=O)CCNC(=O)c1ccc(OC)c(Br)c1. The molecule has 6 nitrogen and oxygen atoms in total. The van der Waals surface area contributed by atoms with E-state index in [0.29, 0.717) is 28.9 Å². The fraction of sp³-hybridized carbons (Fsp3) is 0.429. The van der Waals surface area contributed by atoms with Crippen LogP contribution in [0.15, 0.2) is 22.7 Å². The van der Waals surface area contributed by atoms with Gasteiger partial charge in [0.1, 0.15) is 5.75 Å². The Kier molecular flexibility index (Phi) is 7.78. The van der Waals surface area contributed by atoms with Crippen molar-refractivity contribution in [3.05, 3.63) is 28.2 Å². The minimum absolute atomic E-state index is 0.122. The third-order valence-corrected chi connectivity index (χ3v) is 3.30. The largest absolute Gasteiger partial charge is 0.496 e. The van der Waals surface area contributed by atoms with Gasteiger partial charge in [0.25, 0.3) is 5.91 Å². The van der Waals surface area contributed by atoms with E-state index in [0.717, 1.165) is 0 Å². The lowest BCUT2D eigenvalue weighted by atomic mass is 10.2. The summed E-state index contributed by atoms with van der Waals surface area (Å²) in [4.78, 5) is 23.3. The number of ether oxygens (including phenoxy) is 2. The lowest BCUT2D eigenvalue weighted by Gasteiger charge is -2.08. The lowest BCUT2D eigenvalue weighted by Crippen LogP contribution is -2.32. The molecule has 0 aliphatic carbocycles. The Bertz CT molecular complexity index is 494. The molecule has 0 atom stereocenters. The van der Waals surface area contributed by atoms with E-state index in [1.54, 1.807) is 32.4 Å². The van der Waals surface area contributed by atoms with Gasteiger partial charge in [-0.1, -0.05) is 0 Å². The van der Waals surface area contributed by atoms with Crippen LogP contribution in [0.25, 0.3) is 0 Å². The van der Waals surface area contributed by atoms with Crippen molar-refractivity contribution in [3.63, 3.8) is 0 Å². The second-order valence-corrected chi connectivity index (χ2v) is 5.05. The fourth-order valence-electron chi connectivity index (χ4n) is 1.58. The van der Waals surface area contributed by atoms with Gasteiger partial charge in [-0.25, -0.2) is 0 Å². The molecule has 21 heavy (non-hydrogen) atoms. The number of hydrogen-bond acceptors (Lipinski definition) is 4. The smallest absolute Gasteiger partial charge is 0.251 e. The minimum atomic E-state index is -0.233. The normalized spacial score (nSPS) is 10.0. The molecular formula is C14H19BrN2O4.